The summed E-state index contributed by atoms with van der Waals surface area (Å²) in [5.41, 5.74) is 0.706. The van der Waals surface area contributed by atoms with E-state index in [4.69, 9.17) is 4.74 Å². The van der Waals surface area contributed by atoms with Gasteiger partial charge in [-0.25, -0.2) is 0 Å². The molecule has 0 radical (unpaired) electrons. The summed E-state index contributed by atoms with van der Waals surface area (Å²) in [7, 11) is 0. The predicted octanol–water partition coefficient (Wildman–Crippen LogP) is 1.77. The minimum Gasteiger partial charge on any atom is -0.426 e. The van der Waals surface area contributed by atoms with Crippen LogP contribution in [-0.2, 0) is 4.79 Å². The highest BCUT2D eigenvalue weighted by molar-refractivity contribution is 5.85. The SMILES string of the molecule is O=COc1cccc2cccnc12. The third-order valence-corrected chi connectivity index (χ3v) is 1.77. The van der Waals surface area contributed by atoms with Gasteiger partial charge in [0.05, 0.1) is 0 Å². The Bertz CT molecular complexity index is 434. The molecule has 0 bridgehead atoms. The number of aromatic nitrogens is 1. The van der Waals surface area contributed by atoms with Crippen molar-refractivity contribution in [2.24, 2.45) is 0 Å². The van der Waals surface area contributed by atoms with E-state index in [1.165, 1.54) is 0 Å². The van der Waals surface area contributed by atoms with Crippen molar-refractivity contribution in [2.75, 3.05) is 0 Å². The molecule has 0 spiro atoms. The molecule has 0 aliphatic heterocycles. The third-order valence-electron chi connectivity index (χ3n) is 1.77. The molecule has 1 aromatic carbocycles. The van der Waals surface area contributed by atoms with E-state index in [9.17, 15) is 4.79 Å². The molecule has 0 atom stereocenters. The molecule has 2 aromatic rings. The number of hydrogen-bond acceptors (Lipinski definition) is 3. The standard InChI is InChI=1S/C10H7NO2/c12-7-13-9-5-1-3-8-4-2-6-11-10(8)9/h1-7H. The van der Waals surface area contributed by atoms with Crippen LogP contribution in [0.2, 0.25) is 0 Å². The van der Waals surface area contributed by atoms with E-state index in [-0.39, 0.29) is 0 Å². The molecule has 0 N–H and O–H groups in total. The van der Waals surface area contributed by atoms with Crippen LogP contribution in [0, 0.1) is 0 Å². The highest BCUT2D eigenvalue weighted by atomic mass is 16.5. The first-order valence-corrected chi connectivity index (χ1v) is 3.86. The topological polar surface area (TPSA) is 39.2 Å². The fourth-order valence-electron chi connectivity index (χ4n) is 1.22. The van der Waals surface area contributed by atoms with Gasteiger partial charge in [-0.1, -0.05) is 18.2 Å². The van der Waals surface area contributed by atoms with Gasteiger partial charge in [-0.05, 0) is 12.1 Å². The molecule has 0 aliphatic carbocycles. The molecule has 0 aliphatic rings. The van der Waals surface area contributed by atoms with E-state index in [1.54, 1.807) is 12.3 Å². The molecule has 0 amide bonds. The van der Waals surface area contributed by atoms with E-state index in [1.807, 2.05) is 24.3 Å². The summed E-state index contributed by atoms with van der Waals surface area (Å²) in [6, 6.07) is 9.21. The summed E-state index contributed by atoms with van der Waals surface area (Å²) >= 11 is 0. The second kappa shape index (κ2) is 3.23. The Morgan fingerprint density at radius 3 is 2.92 bits per heavy atom. The molecular weight excluding hydrogens is 166 g/mol. The summed E-state index contributed by atoms with van der Waals surface area (Å²) in [4.78, 5) is 14.3. The molecule has 0 unspecified atom stereocenters. The summed E-state index contributed by atoms with van der Waals surface area (Å²) in [5.74, 6) is 0.494. The number of benzene rings is 1. The van der Waals surface area contributed by atoms with Crippen molar-refractivity contribution in [2.45, 2.75) is 0 Å². The normalized spacial score (nSPS) is 9.85. The first kappa shape index (κ1) is 7.73. The third kappa shape index (κ3) is 1.36. The van der Waals surface area contributed by atoms with Crippen LogP contribution in [0.3, 0.4) is 0 Å². The van der Waals surface area contributed by atoms with Crippen molar-refractivity contribution in [1.29, 1.82) is 0 Å². The number of pyridine rings is 1. The zero-order chi connectivity index (χ0) is 9.10. The number of carbonyl (C=O) groups is 1. The zero-order valence-electron chi connectivity index (χ0n) is 6.81. The lowest BCUT2D eigenvalue weighted by molar-refractivity contribution is -0.120. The van der Waals surface area contributed by atoms with Crippen molar-refractivity contribution < 1.29 is 9.53 Å². The molecule has 0 saturated carbocycles. The van der Waals surface area contributed by atoms with E-state index < -0.39 is 0 Å². The number of fused-ring (bicyclic) bond motifs is 1. The monoisotopic (exact) mass is 173 g/mol. The van der Waals surface area contributed by atoms with Gasteiger partial charge in [-0.15, -0.1) is 0 Å². The first-order valence-electron chi connectivity index (χ1n) is 3.86. The summed E-state index contributed by atoms with van der Waals surface area (Å²) < 4.78 is 4.78. The number of para-hydroxylation sites is 1. The summed E-state index contributed by atoms with van der Waals surface area (Å²) in [6.45, 7) is 0.406. The molecule has 1 heterocycles. The van der Waals surface area contributed by atoms with Gasteiger partial charge >= 0.3 is 0 Å². The van der Waals surface area contributed by atoms with Crippen molar-refractivity contribution in [1.82, 2.24) is 4.98 Å². The van der Waals surface area contributed by atoms with Crippen molar-refractivity contribution in [3.8, 4) is 5.75 Å². The molecular formula is C10H7NO2. The fourth-order valence-corrected chi connectivity index (χ4v) is 1.22. The van der Waals surface area contributed by atoms with Gasteiger partial charge in [0.15, 0.2) is 5.75 Å². The average Bonchev–Trinajstić information content (AvgIpc) is 2.19. The summed E-state index contributed by atoms with van der Waals surface area (Å²) in [6.07, 6.45) is 1.67. The van der Waals surface area contributed by atoms with E-state index in [2.05, 4.69) is 4.98 Å². The Labute approximate surface area is 75.0 Å². The van der Waals surface area contributed by atoms with Gasteiger partial charge in [0.25, 0.3) is 6.47 Å². The Hall–Kier alpha value is -1.90. The van der Waals surface area contributed by atoms with Crippen LogP contribution in [0.4, 0.5) is 0 Å². The maximum Gasteiger partial charge on any atom is 0.298 e. The maximum absolute atomic E-state index is 10.2. The first-order chi connectivity index (χ1) is 6.42. The fraction of sp³-hybridized carbons (Fsp3) is 0. The maximum atomic E-state index is 10.2. The van der Waals surface area contributed by atoms with E-state index in [0.29, 0.717) is 17.7 Å². The molecule has 2 rings (SSSR count). The highest BCUT2D eigenvalue weighted by Gasteiger charge is 2.00. The van der Waals surface area contributed by atoms with Gasteiger partial charge in [-0.2, -0.15) is 0 Å². The van der Waals surface area contributed by atoms with Crippen molar-refractivity contribution in [3.05, 3.63) is 36.5 Å². The minimum absolute atomic E-state index is 0.406. The van der Waals surface area contributed by atoms with Crippen LogP contribution in [0.5, 0.6) is 5.75 Å². The second-order valence-electron chi connectivity index (χ2n) is 2.55. The van der Waals surface area contributed by atoms with Crippen LogP contribution < -0.4 is 4.74 Å². The smallest absolute Gasteiger partial charge is 0.298 e. The largest absolute Gasteiger partial charge is 0.426 e. The van der Waals surface area contributed by atoms with Crippen molar-refractivity contribution in [3.63, 3.8) is 0 Å². The van der Waals surface area contributed by atoms with Crippen LogP contribution in [0.15, 0.2) is 36.5 Å². The second-order valence-corrected chi connectivity index (χ2v) is 2.55. The van der Waals surface area contributed by atoms with Gasteiger partial charge in [0.2, 0.25) is 0 Å². The highest BCUT2D eigenvalue weighted by Crippen LogP contribution is 2.21. The molecule has 1 aromatic heterocycles. The van der Waals surface area contributed by atoms with Crippen LogP contribution >= 0.6 is 0 Å². The molecule has 3 nitrogen and oxygen atoms in total. The number of ether oxygens (including phenoxy) is 1. The minimum atomic E-state index is 0.406. The quantitative estimate of drug-likeness (QED) is 0.649. The number of carbonyl (C=O) groups excluding carboxylic acids is 1. The number of nitrogens with zero attached hydrogens (tertiary/aromatic N) is 1. The molecule has 64 valence electrons. The molecule has 0 fully saturated rings. The Kier molecular flexibility index (Phi) is 1.92. The predicted molar refractivity (Wildman–Crippen MR) is 48.4 cm³/mol. The number of hydrogen-bond donors (Lipinski definition) is 0. The lowest BCUT2D eigenvalue weighted by Crippen LogP contribution is -1.90. The lowest BCUT2D eigenvalue weighted by atomic mass is 10.2. The molecule has 3 heteroatoms. The molecule has 0 saturated heterocycles. The van der Waals surface area contributed by atoms with Gasteiger partial charge in [0.1, 0.15) is 5.52 Å². The zero-order valence-corrected chi connectivity index (χ0v) is 6.81. The summed E-state index contributed by atoms with van der Waals surface area (Å²) in [5, 5.41) is 0.960. The Balaban J connectivity index is 2.68. The van der Waals surface area contributed by atoms with Crippen molar-refractivity contribution >= 4 is 17.4 Å². The van der Waals surface area contributed by atoms with Gasteiger partial charge in [0, 0.05) is 11.6 Å². The van der Waals surface area contributed by atoms with Gasteiger partial charge < -0.3 is 4.74 Å². The average molecular weight is 173 g/mol. The molecule has 13 heavy (non-hydrogen) atoms. The van der Waals surface area contributed by atoms with E-state index >= 15 is 0 Å². The van der Waals surface area contributed by atoms with Gasteiger partial charge in [-0.3, -0.25) is 9.78 Å². The van der Waals surface area contributed by atoms with E-state index in [0.717, 1.165) is 5.39 Å². The lowest BCUT2D eigenvalue weighted by Gasteiger charge is -2.01. The Morgan fingerprint density at radius 2 is 2.08 bits per heavy atom. The number of rotatable bonds is 2. The van der Waals surface area contributed by atoms with Crippen LogP contribution in [-0.4, -0.2) is 11.5 Å². The Morgan fingerprint density at radius 1 is 1.23 bits per heavy atom. The van der Waals surface area contributed by atoms with Crippen LogP contribution in [0.25, 0.3) is 10.9 Å². The van der Waals surface area contributed by atoms with Crippen LogP contribution in [0.1, 0.15) is 0 Å².